The topological polar surface area (TPSA) is 52.6 Å². The molecule has 0 atom stereocenters. The Morgan fingerprint density at radius 3 is 2.38 bits per heavy atom. The van der Waals surface area contributed by atoms with Crippen molar-refractivity contribution in [3.8, 4) is 5.75 Å². The average molecular weight is 288 g/mol. The number of ether oxygens (including phenoxy) is 2. The Bertz CT molecular complexity index is 510. The number of carbonyl (C=O) groups is 2. The van der Waals surface area contributed by atoms with Crippen molar-refractivity contribution < 1.29 is 19.1 Å². The molecule has 0 spiro atoms. The molecule has 0 aliphatic heterocycles. The Morgan fingerprint density at radius 1 is 1.10 bits per heavy atom. The molecule has 1 aliphatic rings. The van der Waals surface area contributed by atoms with Crippen LogP contribution in [-0.4, -0.2) is 18.0 Å². The van der Waals surface area contributed by atoms with Crippen LogP contribution in [0.25, 0.3) is 6.08 Å². The fourth-order valence-corrected chi connectivity index (χ4v) is 2.36. The van der Waals surface area contributed by atoms with Gasteiger partial charge in [-0.25, -0.2) is 4.79 Å². The molecule has 0 aromatic heterocycles. The van der Waals surface area contributed by atoms with Gasteiger partial charge in [0.1, 0.15) is 11.9 Å². The second-order valence-corrected chi connectivity index (χ2v) is 5.19. The van der Waals surface area contributed by atoms with E-state index < -0.39 is 0 Å². The van der Waals surface area contributed by atoms with Crippen molar-refractivity contribution in [2.75, 3.05) is 0 Å². The van der Waals surface area contributed by atoms with Crippen molar-refractivity contribution in [3.63, 3.8) is 0 Å². The van der Waals surface area contributed by atoms with E-state index in [-0.39, 0.29) is 18.0 Å². The molecule has 1 aromatic carbocycles. The molecule has 1 aliphatic carbocycles. The van der Waals surface area contributed by atoms with Gasteiger partial charge >= 0.3 is 11.9 Å². The Hall–Kier alpha value is -2.10. The molecule has 4 nitrogen and oxygen atoms in total. The van der Waals surface area contributed by atoms with Crippen LogP contribution in [0, 0.1) is 0 Å². The van der Waals surface area contributed by atoms with Gasteiger partial charge in [0.15, 0.2) is 0 Å². The predicted molar refractivity (Wildman–Crippen MR) is 79.8 cm³/mol. The van der Waals surface area contributed by atoms with Gasteiger partial charge in [-0.2, -0.15) is 0 Å². The molecule has 0 radical (unpaired) electrons. The number of benzene rings is 1. The zero-order valence-electron chi connectivity index (χ0n) is 12.2. The summed E-state index contributed by atoms with van der Waals surface area (Å²) in [7, 11) is 0. The van der Waals surface area contributed by atoms with E-state index in [9.17, 15) is 9.59 Å². The van der Waals surface area contributed by atoms with Gasteiger partial charge in [-0.05, 0) is 49.5 Å². The maximum Gasteiger partial charge on any atom is 0.331 e. The van der Waals surface area contributed by atoms with Crippen LogP contribution in [0.4, 0.5) is 0 Å². The number of hydrogen-bond acceptors (Lipinski definition) is 4. The quantitative estimate of drug-likeness (QED) is 0.483. The molecule has 4 heteroatoms. The first kappa shape index (κ1) is 15.3. The molecular formula is C17H20O4. The van der Waals surface area contributed by atoms with Gasteiger partial charge in [0, 0.05) is 13.0 Å². The lowest BCUT2D eigenvalue weighted by atomic mass is 9.98. The van der Waals surface area contributed by atoms with Crippen molar-refractivity contribution in [3.05, 3.63) is 35.9 Å². The van der Waals surface area contributed by atoms with Crippen molar-refractivity contribution in [2.45, 2.75) is 45.1 Å². The second kappa shape index (κ2) is 7.62. The normalized spacial score (nSPS) is 15.9. The number of rotatable bonds is 4. The van der Waals surface area contributed by atoms with E-state index in [4.69, 9.17) is 9.47 Å². The largest absolute Gasteiger partial charge is 0.459 e. The first-order chi connectivity index (χ1) is 10.1. The fourth-order valence-electron chi connectivity index (χ4n) is 2.36. The molecule has 0 bridgehead atoms. The molecule has 0 heterocycles. The van der Waals surface area contributed by atoms with E-state index in [1.807, 2.05) is 0 Å². The molecule has 0 amide bonds. The molecule has 0 saturated heterocycles. The smallest absolute Gasteiger partial charge is 0.331 e. The minimum absolute atomic E-state index is 0.0715. The molecule has 1 aromatic rings. The van der Waals surface area contributed by atoms with Gasteiger partial charge in [0.05, 0.1) is 0 Å². The first-order valence-electron chi connectivity index (χ1n) is 7.30. The summed E-state index contributed by atoms with van der Waals surface area (Å²) in [6.45, 7) is 1.36. The van der Waals surface area contributed by atoms with Crippen LogP contribution in [0.15, 0.2) is 30.3 Å². The highest BCUT2D eigenvalue weighted by atomic mass is 16.5. The van der Waals surface area contributed by atoms with E-state index in [1.54, 1.807) is 30.3 Å². The minimum atomic E-state index is -0.352. The van der Waals surface area contributed by atoms with Gasteiger partial charge in [-0.15, -0.1) is 0 Å². The van der Waals surface area contributed by atoms with Crippen LogP contribution in [0.3, 0.4) is 0 Å². The van der Waals surface area contributed by atoms with Crippen molar-refractivity contribution in [1.82, 2.24) is 0 Å². The van der Waals surface area contributed by atoms with E-state index >= 15 is 0 Å². The van der Waals surface area contributed by atoms with E-state index in [0.717, 1.165) is 31.2 Å². The summed E-state index contributed by atoms with van der Waals surface area (Å²) in [5, 5.41) is 0. The highest BCUT2D eigenvalue weighted by Gasteiger charge is 2.16. The standard InChI is InChI=1S/C17H20O4/c1-13(18)20-16-10-7-14(8-11-16)9-12-17(19)21-15-5-3-2-4-6-15/h7-12,15H,2-6H2,1H3/b12-9+. The highest BCUT2D eigenvalue weighted by Crippen LogP contribution is 2.20. The molecule has 112 valence electrons. The van der Waals surface area contributed by atoms with Crippen LogP contribution < -0.4 is 4.74 Å². The van der Waals surface area contributed by atoms with Crippen LogP contribution in [0.1, 0.15) is 44.6 Å². The van der Waals surface area contributed by atoms with E-state index in [0.29, 0.717) is 5.75 Å². The SMILES string of the molecule is CC(=O)Oc1ccc(/C=C/C(=O)OC2CCCCC2)cc1. The first-order valence-corrected chi connectivity index (χ1v) is 7.30. The molecule has 0 unspecified atom stereocenters. The lowest BCUT2D eigenvalue weighted by Gasteiger charge is -2.20. The monoisotopic (exact) mass is 288 g/mol. The zero-order valence-corrected chi connectivity index (χ0v) is 12.2. The molecule has 21 heavy (non-hydrogen) atoms. The summed E-state index contributed by atoms with van der Waals surface area (Å²) in [5.74, 6) is -0.162. The summed E-state index contributed by atoms with van der Waals surface area (Å²) < 4.78 is 10.3. The van der Waals surface area contributed by atoms with E-state index in [2.05, 4.69) is 0 Å². The van der Waals surface area contributed by atoms with Gasteiger partial charge < -0.3 is 9.47 Å². The third-order valence-corrected chi connectivity index (χ3v) is 3.39. The summed E-state index contributed by atoms with van der Waals surface area (Å²) in [6.07, 6.45) is 8.66. The lowest BCUT2D eigenvalue weighted by molar-refractivity contribution is -0.144. The third kappa shape index (κ3) is 5.42. The Morgan fingerprint density at radius 2 is 1.76 bits per heavy atom. The van der Waals surface area contributed by atoms with Gasteiger partial charge in [-0.1, -0.05) is 18.6 Å². The number of esters is 2. The minimum Gasteiger partial charge on any atom is -0.459 e. The lowest BCUT2D eigenvalue weighted by Crippen LogP contribution is -2.19. The van der Waals surface area contributed by atoms with Crippen LogP contribution in [-0.2, 0) is 14.3 Å². The summed E-state index contributed by atoms with van der Waals surface area (Å²) in [4.78, 5) is 22.5. The van der Waals surface area contributed by atoms with Crippen molar-refractivity contribution in [1.29, 1.82) is 0 Å². The maximum atomic E-state index is 11.7. The van der Waals surface area contributed by atoms with Crippen LogP contribution in [0.2, 0.25) is 0 Å². The van der Waals surface area contributed by atoms with Crippen molar-refractivity contribution >= 4 is 18.0 Å². The predicted octanol–water partition coefficient (Wildman–Crippen LogP) is 3.50. The van der Waals surface area contributed by atoms with Gasteiger partial charge in [0.2, 0.25) is 0 Å². The third-order valence-electron chi connectivity index (χ3n) is 3.39. The summed E-state index contributed by atoms with van der Waals surface area (Å²) in [5.41, 5.74) is 0.853. The molecule has 2 rings (SSSR count). The van der Waals surface area contributed by atoms with Crippen LogP contribution in [0.5, 0.6) is 5.75 Å². The highest BCUT2D eigenvalue weighted by molar-refractivity contribution is 5.87. The Kier molecular flexibility index (Phi) is 5.55. The molecule has 1 fully saturated rings. The van der Waals surface area contributed by atoms with Gasteiger partial charge in [0.25, 0.3) is 0 Å². The zero-order chi connectivity index (χ0) is 15.1. The Labute approximate surface area is 124 Å². The average Bonchev–Trinajstić information content (AvgIpc) is 2.47. The molecule has 0 N–H and O–H groups in total. The van der Waals surface area contributed by atoms with Crippen LogP contribution >= 0.6 is 0 Å². The van der Waals surface area contributed by atoms with Gasteiger partial charge in [-0.3, -0.25) is 4.79 Å². The number of hydrogen-bond donors (Lipinski definition) is 0. The Balaban J connectivity index is 1.84. The van der Waals surface area contributed by atoms with Crippen molar-refractivity contribution in [2.24, 2.45) is 0 Å². The molecular weight excluding hydrogens is 268 g/mol. The summed E-state index contributed by atoms with van der Waals surface area (Å²) in [6, 6.07) is 6.94. The summed E-state index contributed by atoms with van der Waals surface area (Å²) >= 11 is 0. The second-order valence-electron chi connectivity index (χ2n) is 5.19. The number of carbonyl (C=O) groups excluding carboxylic acids is 2. The van der Waals surface area contributed by atoms with E-state index in [1.165, 1.54) is 19.4 Å². The fraction of sp³-hybridized carbons (Fsp3) is 0.412. The molecule has 1 saturated carbocycles. The maximum absolute atomic E-state index is 11.7.